The highest BCUT2D eigenvalue weighted by molar-refractivity contribution is 7.80. The van der Waals surface area contributed by atoms with E-state index in [2.05, 4.69) is 18.7 Å². The van der Waals surface area contributed by atoms with Crippen molar-refractivity contribution < 1.29 is 0 Å². The number of hydrogen-bond donors (Lipinski definition) is 1. The first kappa shape index (κ1) is 9.85. The summed E-state index contributed by atoms with van der Waals surface area (Å²) in [6.07, 6.45) is 0.401. The van der Waals surface area contributed by atoms with Gasteiger partial charge in [-0.25, -0.2) is 0 Å². The molecule has 4 heteroatoms. The number of fused-ring (bicyclic) bond motifs is 1. The third kappa shape index (κ3) is 1.74. The van der Waals surface area contributed by atoms with E-state index in [0.29, 0.717) is 6.42 Å². The lowest BCUT2D eigenvalue weighted by atomic mass is 10.1. The molecule has 0 N–H and O–H groups in total. The molecule has 0 amide bonds. The molecule has 1 heterocycles. The van der Waals surface area contributed by atoms with Gasteiger partial charge in [0.1, 0.15) is 0 Å². The van der Waals surface area contributed by atoms with Crippen molar-refractivity contribution in [2.75, 3.05) is 0 Å². The van der Waals surface area contributed by atoms with Gasteiger partial charge in [0.05, 0.1) is 16.8 Å². The van der Waals surface area contributed by atoms with E-state index in [1.807, 2.05) is 18.2 Å². The zero-order valence-electron chi connectivity index (χ0n) is 7.12. The van der Waals surface area contributed by atoms with Crippen LogP contribution in [-0.2, 0) is 6.42 Å². The number of thiol groups is 1. The molecule has 0 aliphatic heterocycles. The summed E-state index contributed by atoms with van der Waals surface area (Å²) >= 11 is 11.7. The molecule has 1 aromatic carbocycles. The van der Waals surface area contributed by atoms with Gasteiger partial charge in [-0.05, 0) is 29.1 Å². The van der Waals surface area contributed by atoms with Gasteiger partial charge in [0.15, 0.2) is 0 Å². The van der Waals surface area contributed by atoms with Crippen LogP contribution >= 0.6 is 35.6 Å². The van der Waals surface area contributed by atoms with E-state index in [0.717, 1.165) is 24.9 Å². The summed E-state index contributed by atoms with van der Waals surface area (Å²) in [6, 6.07) is 7.93. The van der Waals surface area contributed by atoms with Crippen LogP contribution in [0.4, 0.5) is 0 Å². The Bertz CT molecular complexity index is 525. The Morgan fingerprint density at radius 1 is 1.43 bits per heavy atom. The van der Waals surface area contributed by atoms with Crippen molar-refractivity contribution in [2.45, 2.75) is 11.3 Å². The number of nitrogens with zero attached hydrogens (tertiary/aromatic N) is 1. The van der Waals surface area contributed by atoms with Crippen LogP contribution in [0.1, 0.15) is 5.56 Å². The fraction of sp³-hybridized carbons (Fsp3) is 0.100. The molecular weight excluding hydrogens is 234 g/mol. The minimum Gasteiger partial charge on any atom is -0.198 e. The molecule has 1 aromatic heterocycles. The molecule has 14 heavy (non-hydrogen) atoms. The van der Waals surface area contributed by atoms with E-state index in [4.69, 9.17) is 16.9 Å². The lowest BCUT2D eigenvalue weighted by molar-refractivity contribution is 1.27. The van der Waals surface area contributed by atoms with Crippen LogP contribution in [0.5, 0.6) is 0 Å². The van der Waals surface area contributed by atoms with Crippen molar-refractivity contribution in [3.8, 4) is 6.07 Å². The van der Waals surface area contributed by atoms with Crippen molar-refractivity contribution in [2.24, 2.45) is 0 Å². The largest absolute Gasteiger partial charge is 0.198 e. The van der Waals surface area contributed by atoms with Gasteiger partial charge in [0, 0.05) is 9.60 Å². The zero-order chi connectivity index (χ0) is 10.1. The molecule has 0 saturated heterocycles. The Morgan fingerprint density at radius 3 is 2.93 bits per heavy atom. The monoisotopic (exact) mass is 239 g/mol. The van der Waals surface area contributed by atoms with E-state index in [9.17, 15) is 0 Å². The molecule has 0 radical (unpaired) electrons. The van der Waals surface area contributed by atoms with E-state index in [1.165, 1.54) is 11.3 Å². The Hall–Kier alpha value is -0.690. The molecule has 0 atom stereocenters. The smallest absolute Gasteiger partial charge is 0.0940 e. The molecule has 0 spiro atoms. The standard InChI is InChI=1S/C10H6ClNS2/c11-10-5-8-6(1-2-12)3-7(13)4-9(8)14-10/h3-5,13H,1H2. The first-order valence-electron chi connectivity index (χ1n) is 3.98. The predicted octanol–water partition coefficient (Wildman–Crippen LogP) is 3.91. The highest BCUT2D eigenvalue weighted by Crippen LogP contribution is 2.33. The predicted molar refractivity (Wildman–Crippen MR) is 63.4 cm³/mol. The second kappa shape index (κ2) is 3.82. The lowest BCUT2D eigenvalue weighted by Gasteiger charge is -1.99. The summed E-state index contributed by atoms with van der Waals surface area (Å²) in [5.74, 6) is 0. The molecule has 0 saturated carbocycles. The summed E-state index contributed by atoms with van der Waals surface area (Å²) in [7, 11) is 0. The number of halogens is 1. The number of rotatable bonds is 1. The van der Waals surface area contributed by atoms with Crippen LogP contribution in [0, 0.1) is 11.3 Å². The minimum atomic E-state index is 0.401. The molecule has 0 aliphatic rings. The van der Waals surface area contributed by atoms with Crippen LogP contribution in [0.2, 0.25) is 4.34 Å². The summed E-state index contributed by atoms with van der Waals surface area (Å²) < 4.78 is 1.84. The summed E-state index contributed by atoms with van der Waals surface area (Å²) in [4.78, 5) is 0.876. The second-order valence-corrected chi connectivity index (χ2v) is 5.13. The maximum atomic E-state index is 8.67. The Balaban J connectivity index is 2.74. The molecule has 2 rings (SSSR count). The molecule has 1 nitrogen and oxygen atoms in total. The van der Waals surface area contributed by atoms with E-state index >= 15 is 0 Å². The van der Waals surface area contributed by atoms with Gasteiger partial charge < -0.3 is 0 Å². The summed E-state index contributed by atoms with van der Waals surface area (Å²) in [6.45, 7) is 0. The van der Waals surface area contributed by atoms with Crippen molar-refractivity contribution in [1.82, 2.24) is 0 Å². The number of nitriles is 1. The van der Waals surface area contributed by atoms with Gasteiger partial charge in [-0.1, -0.05) is 11.6 Å². The Morgan fingerprint density at radius 2 is 2.21 bits per heavy atom. The highest BCUT2D eigenvalue weighted by Gasteiger charge is 2.06. The first-order valence-corrected chi connectivity index (χ1v) is 5.63. The first-order chi connectivity index (χ1) is 6.70. The molecule has 70 valence electrons. The SMILES string of the molecule is N#CCc1cc(S)cc2sc(Cl)cc12. The fourth-order valence-electron chi connectivity index (χ4n) is 1.40. The quantitative estimate of drug-likeness (QED) is 0.750. The van der Waals surface area contributed by atoms with Gasteiger partial charge in [-0.3, -0.25) is 0 Å². The zero-order valence-corrected chi connectivity index (χ0v) is 9.59. The minimum absolute atomic E-state index is 0.401. The molecule has 0 aliphatic carbocycles. The lowest BCUT2D eigenvalue weighted by Crippen LogP contribution is -1.82. The maximum absolute atomic E-state index is 8.67. The average molecular weight is 240 g/mol. The highest BCUT2D eigenvalue weighted by atomic mass is 35.5. The van der Waals surface area contributed by atoms with Crippen LogP contribution in [-0.4, -0.2) is 0 Å². The van der Waals surface area contributed by atoms with Gasteiger partial charge in [-0.2, -0.15) is 5.26 Å². The van der Waals surface area contributed by atoms with Crippen LogP contribution in [0.25, 0.3) is 10.1 Å². The molecular formula is C10H6ClNS2. The Kier molecular flexibility index (Phi) is 2.69. The molecule has 0 fully saturated rings. The summed E-state index contributed by atoms with van der Waals surface area (Å²) in [5, 5.41) is 9.74. The van der Waals surface area contributed by atoms with Crippen molar-refractivity contribution in [3.05, 3.63) is 28.1 Å². The van der Waals surface area contributed by atoms with E-state index in [1.54, 1.807) is 0 Å². The van der Waals surface area contributed by atoms with Crippen LogP contribution in [0.15, 0.2) is 23.1 Å². The normalized spacial score (nSPS) is 10.4. The third-order valence-electron chi connectivity index (χ3n) is 1.95. The van der Waals surface area contributed by atoms with Gasteiger partial charge in [-0.15, -0.1) is 24.0 Å². The van der Waals surface area contributed by atoms with Crippen molar-refractivity contribution in [3.63, 3.8) is 0 Å². The Labute approximate surface area is 96.3 Å². The number of hydrogen-bond acceptors (Lipinski definition) is 3. The van der Waals surface area contributed by atoms with E-state index in [-0.39, 0.29) is 0 Å². The molecule has 0 bridgehead atoms. The maximum Gasteiger partial charge on any atom is 0.0940 e. The topological polar surface area (TPSA) is 23.8 Å². The van der Waals surface area contributed by atoms with Crippen molar-refractivity contribution >= 4 is 45.7 Å². The average Bonchev–Trinajstić information content (AvgIpc) is 2.45. The van der Waals surface area contributed by atoms with Crippen LogP contribution in [0.3, 0.4) is 0 Å². The van der Waals surface area contributed by atoms with Crippen LogP contribution < -0.4 is 0 Å². The molecule has 0 unspecified atom stereocenters. The van der Waals surface area contributed by atoms with Crippen molar-refractivity contribution in [1.29, 1.82) is 5.26 Å². The number of benzene rings is 1. The summed E-state index contributed by atoms with van der Waals surface area (Å²) in [5.41, 5.74) is 0.998. The third-order valence-corrected chi connectivity index (χ3v) is 3.42. The molecule has 2 aromatic rings. The van der Waals surface area contributed by atoms with Gasteiger partial charge in [0.2, 0.25) is 0 Å². The van der Waals surface area contributed by atoms with Gasteiger partial charge >= 0.3 is 0 Å². The van der Waals surface area contributed by atoms with E-state index < -0.39 is 0 Å². The van der Waals surface area contributed by atoms with Gasteiger partial charge in [0.25, 0.3) is 0 Å². The second-order valence-electron chi connectivity index (χ2n) is 2.90. The number of thiophene rings is 1. The fourth-order valence-corrected chi connectivity index (χ4v) is 3.00.